The van der Waals surface area contributed by atoms with Crippen LogP contribution in [0, 0.1) is 0 Å². The number of carbonyl (C=O) groups excluding carboxylic acids is 3. The van der Waals surface area contributed by atoms with Gasteiger partial charge in [0.25, 0.3) is 5.91 Å². The number of para-hydroxylation sites is 1. The Bertz CT molecular complexity index is 1110. The minimum Gasteiger partial charge on any atom is -0.467 e. The Balaban J connectivity index is 1.90. The fourth-order valence-corrected chi connectivity index (χ4v) is 4.14. The predicted octanol–water partition coefficient (Wildman–Crippen LogP) is 2.75. The van der Waals surface area contributed by atoms with Crippen LogP contribution in [0.15, 0.2) is 54.6 Å². The summed E-state index contributed by atoms with van der Waals surface area (Å²) in [6, 6.07) is 15.9. The van der Waals surface area contributed by atoms with Gasteiger partial charge >= 0.3 is 11.9 Å². The van der Waals surface area contributed by atoms with Gasteiger partial charge in [-0.15, -0.1) is 0 Å². The first-order valence-electron chi connectivity index (χ1n) is 9.68. The van der Waals surface area contributed by atoms with Crippen LogP contribution in [0.25, 0.3) is 10.9 Å². The third-order valence-corrected chi connectivity index (χ3v) is 5.41. The monoisotopic (exact) mass is 406 g/mol. The van der Waals surface area contributed by atoms with Crippen molar-refractivity contribution in [3.8, 4) is 0 Å². The highest BCUT2D eigenvalue weighted by atomic mass is 16.5. The number of nitrogens with one attached hydrogen (secondary N) is 1. The maximum Gasteiger partial charge on any atom is 0.328 e. The van der Waals surface area contributed by atoms with Gasteiger partial charge < -0.3 is 19.4 Å². The van der Waals surface area contributed by atoms with Gasteiger partial charge in [0.05, 0.1) is 13.2 Å². The van der Waals surface area contributed by atoms with Gasteiger partial charge in [-0.2, -0.15) is 0 Å². The van der Waals surface area contributed by atoms with Crippen molar-refractivity contribution in [1.29, 1.82) is 0 Å². The zero-order chi connectivity index (χ0) is 21.3. The second kappa shape index (κ2) is 8.02. The largest absolute Gasteiger partial charge is 0.467 e. The Hall–Kier alpha value is -3.61. The summed E-state index contributed by atoms with van der Waals surface area (Å²) in [7, 11) is 1.30. The van der Waals surface area contributed by atoms with Crippen LogP contribution >= 0.6 is 0 Å². The molecule has 2 aromatic carbocycles. The maximum absolute atomic E-state index is 13.2. The molecule has 1 N–H and O–H groups in total. The van der Waals surface area contributed by atoms with Crippen LogP contribution in [0.1, 0.15) is 29.8 Å². The van der Waals surface area contributed by atoms with Gasteiger partial charge in [0.15, 0.2) is 6.61 Å². The normalized spacial score (nSPS) is 18.0. The van der Waals surface area contributed by atoms with Crippen molar-refractivity contribution in [2.75, 3.05) is 13.7 Å². The van der Waals surface area contributed by atoms with Crippen molar-refractivity contribution in [3.63, 3.8) is 0 Å². The van der Waals surface area contributed by atoms with E-state index >= 15 is 0 Å². The molecule has 0 aliphatic carbocycles. The number of amides is 1. The van der Waals surface area contributed by atoms with E-state index in [-0.39, 0.29) is 0 Å². The first-order valence-corrected chi connectivity index (χ1v) is 9.68. The number of rotatable bonds is 4. The van der Waals surface area contributed by atoms with Crippen molar-refractivity contribution < 1.29 is 23.9 Å². The number of H-pyrrole nitrogens is 1. The van der Waals surface area contributed by atoms with Crippen LogP contribution < -0.4 is 0 Å². The number of ether oxygens (including phenoxy) is 2. The Morgan fingerprint density at radius 2 is 1.77 bits per heavy atom. The number of carbonyl (C=O) groups is 3. The summed E-state index contributed by atoms with van der Waals surface area (Å²) in [6.45, 7) is 0.799. The summed E-state index contributed by atoms with van der Waals surface area (Å²) in [4.78, 5) is 42.1. The average molecular weight is 406 g/mol. The number of nitrogens with zero attached hydrogens (tertiary/aromatic N) is 1. The molecule has 4 rings (SSSR count). The first kappa shape index (κ1) is 19.7. The molecule has 0 spiro atoms. The predicted molar refractivity (Wildman–Crippen MR) is 110 cm³/mol. The molecule has 2 heterocycles. The summed E-state index contributed by atoms with van der Waals surface area (Å²) in [6.07, 6.45) is 0.307. The number of benzene rings is 2. The van der Waals surface area contributed by atoms with Crippen molar-refractivity contribution in [3.05, 3.63) is 71.4 Å². The van der Waals surface area contributed by atoms with E-state index in [2.05, 4.69) is 4.98 Å². The van der Waals surface area contributed by atoms with E-state index in [9.17, 15) is 14.4 Å². The van der Waals surface area contributed by atoms with Gasteiger partial charge in [-0.05, 0) is 17.2 Å². The first-order chi connectivity index (χ1) is 14.5. The van der Waals surface area contributed by atoms with Gasteiger partial charge in [-0.3, -0.25) is 9.59 Å². The minimum absolute atomic E-state index is 0.307. The minimum atomic E-state index is -0.838. The van der Waals surface area contributed by atoms with Gasteiger partial charge in [0.2, 0.25) is 0 Å². The summed E-state index contributed by atoms with van der Waals surface area (Å²) in [5.41, 5.74) is 3.60. The molecule has 1 amide bonds. The molecular weight excluding hydrogens is 384 g/mol. The quantitative estimate of drug-likeness (QED) is 0.673. The highest BCUT2D eigenvalue weighted by molar-refractivity contribution is 5.91. The molecule has 7 nitrogen and oxygen atoms in total. The molecule has 0 saturated heterocycles. The SMILES string of the molecule is COC(=O)[C@H]1Cc2c([nH]c3ccccc23)C(c2ccccc2)N1C(=O)COC(C)=O. The molecule has 0 saturated carbocycles. The summed E-state index contributed by atoms with van der Waals surface area (Å²) >= 11 is 0. The van der Waals surface area contributed by atoms with Crippen LogP contribution in [0.3, 0.4) is 0 Å². The molecule has 2 atom stereocenters. The molecule has 1 aliphatic heterocycles. The third kappa shape index (κ3) is 3.43. The van der Waals surface area contributed by atoms with Crippen molar-refractivity contribution in [1.82, 2.24) is 9.88 Å². The molecule has 1 aromatic heterocycles. The van der Waals surface area contributed by atoms with E-state index < -0.39 is 36.5 Å². The van der Waals surface area contributed by atoms with Crippen LogP contribution in [0.4, 0.5) is 0 Å². The summed E-state index contributed by atoms with van der Waals surface area (Å²) < 4.78 is 9.99. The lowest BCUT2D eigenvalue weighted by Crippen LogP contribution is -2.53. The fraction of sp³-hybridized carbons (Fsp3) is 0.261. The number of aromatic nitrogens is 1. The van der Waals surface area contributed by atoms with E-state index in [1.165, 1.54) is 18.9 Å². The Morgan fingerprint density at radius 1 is 1.07 bits per heavy atom. The molecular formula is C23H22N2O5. The van der Waals surface area contributed by atoms with Gasteiger partial charge in [0.1, 0.15) is 6.04 Å². The van der Waals surface area contributed by atoms with E-state index in [0.29, 0.717) is 6.42 Å². The Kier molecular flexibility index (Phi) is 5.27. The molecule has 154 valence electrons. The zero-order valence-corrected chi connectivity index (χ0v) is 16.8. The second-order valence-electron chi connectivity index (χ2n) is 7.20. The lowest BCUT2D eigenvalue weighted by atomic mass is 9.88. The second-order valence-corrected chi connectivity index (χ2v) is 7.20. The molecule has 0 radical (unpaired) electrons. The van der Waals surface area contributed by atoms with Crippen molar-refractivity contribution >= 4 is 28.7 Å². The number of aromatic amines is 1. The van der Waals surface area contributed by atoms with Crippen LogP contribution in [0.5, 0.6) is 0 Å². The van der Waals surface area contributed by atoms with Gasteiger partial charge in [-0.25, -0.2) is 4.79 Å². The van der Waals surface area contributed by atoms with Crippen LogP contribution in [-0.2, 0) is 30.3 Å². The lowest BCUT2D eigenvalue weighted by Gasteiger charge is -2.40. The van der Waals surface area contributed by atoms with E-state index in [1.54, 1.807) is 0 Å². The highest BCUT2D eigenvalue weighted by Crippen LogP contribution is 2.41. The smallest absolute Gasteiger partial charge is 0.328 e. The number of esters is 2. The standard InChI is InChI=1S/C23H22N2O5/c1-14(26)30-13-20(27)25-19(23(28)29-2)12-17-16-10-6-7-11-18(16)24-21(17)22(25)15-8-4-3-5-9-15/h3-11,19,22,24H,12-13H2,1-2H3/t19-,22?/m1/s1. The lowest BCUT2D eigenvalue weighted by molar-refractivity contribution is -0.159. The van der Waals surface area contributed by atoms with Gasteiger partial charge in [-0.1, -0.05) is 48.5 Å². The van der Waals surface area contributed by atoms with E-state index in [4.69, 9.17) is 9.47 Å². The number of hydrogen-bond acceptors (Lipinski definition) is 5. The number of fused-ring (bicyclic) bond motifs is 3. The van der Waals surface area contributed by atoms with E-state index in [0.717, 1.165) is 27.7 Å². The molecule has 7 heteroatoms. The van der Waals surface area contributed by atoms with E-state index in [1.807, 2.05) is 54.6 Å². The maximum atomic E-state index is 13.2. The average Bonchev–Trinajstić information content (AvgIpc) is 3.14. The van der Waals surface area contributed by atoms with Gasteiger partial charge in [0, 0.05) is 29.9 Å². The van der Waals surface area contributed by atoms with Crippen molar-refractivity contribution in [2.24, 2.45) is 0 Å². The molecule has 1 aliphatic rings. The molecule has 0 bridgehead atoms. The topological polar surface area (TPSA) is 88.7 Å². The van der Waals surface area contributed by atoms with Crippen LogP contribution in [0.2, 0.25) is 0 Å². The highest BCUT2D eigenvalue weighted by Gasteiger charge is 2.44. The van der Waals surface area contributed by atoms with Crippen LogP contribution in [-0.4, -0.2) is 47.5 Å². The Morgan fingerprint density at radius 3 is 2.47 bits per heavy atom. The summed E-state index contributed by atoms with van der Waals surface area (Å²) in [5.74, 6) is -1.53. The summed E-state index contributed by atoms with van der Waals surface area (Å²) in [5, 5.41) is 1.01. The number of methoxy groups -OCH3 is 1. The molecule has 0 fully saturated rings. The fourth-order valence-electron chi connectivity index (χ4n) is 4.14. The number of hydrogen-bond donors (Lipinski definition) is 1. The zero-order valence-electron chi connectivity index (χ0n) is 16.8. The molecule has 1 unspecified atom stereocenters. The molecule has 30 heavy (non-hydrogen) atoms. The van der Waals surface area contributed by atoms with Crippen molar-refractivity contribution in [2.45, 2.75) is 25.4 Å². The molecule has 3 aromatic rings. The Labute approximate surface area is 173 Å². The third-order valence-electron chi connectivity index (χ3n) is 5.41.